The second-order valence-electron chi connectivity index (χ2n) is 2.61. The molecule has 6 heteroatoms. The molecule has 0 spiro atoms. The average molecular weight is 211 g/mol. The smallest absolute Gasteiger partial charge is 0.245 e. The molecule has 0 radical (unpaired) electrons. The molecular weight excluding hydrogens is 202 g/mol. The molecule has 0 unspecified atom stereocenters. The van der Waals surface area contributed by atoms with Gasteiger partial charge in [0.2, 0.25) is 10.0 Å². The highest BCUT2D eigenvalue weighted by atomic mass is 32.2. The van der Waals surface area contributed by atoms with Crippen LogP contribution in [-0.4, -0.2) is 31.3 Å². The van der Waals surface area contributed by atoms with Gasteiger partial charge >= 0.3 is 0 Å². The molecule has 5 nitrogen and oxygen atoms in total. The normalized spacial score (nSPS) is 11.2. The maximum atomic E-state index is 11.7. The van der Waals surface area contributed by atoms with E-state index in [9.17, 15) is 8.42 Å². The molecule has 0 bridgehead atoms. The van der Waals surface area contributed by atoms with Crippen molar-refractivity contribution in [2.24, 2.45) is 0 Å². The van der Waals surface area contributed by atoms with Crippen LogP contribution in [0.4, 0.5) is 0 Å². The van der Waals surface area contributed by atoms with Gasteiger partial charge in [-0.2, -0.15) is 9.57 Å². The van der Waals surface area contributed by atoms with E-state index in [1.807, 2.05) is 0 Å². The molecule has 0 aliphatic heterocycles. The fourth-order valence-corrected chi connectivity index (χ4v) is 1.90. The molecule has 0 amide bonds. The zero-order valence-electron chi connectivity index (χ0n) is 7.58. The molecule has 1 heterocycles. The molecule has 0 aliphatic rings. The van der Waals surface area contributed by atoms with E-state index >= 15 is 0 Å². The third kappa shape index (κ3) is 2.07. The van der Waals surface area contributed by atoms with Crippen LogP contribution in [0.5, 0.6) is 0 Å². The molecule has 0 N–H and O–H groups in total. The van der Waals surface area contributed by atoms with E-state index in [4.69, 9.17) is 5.26 Å². The first kappa shape index (κ1) is 10.6. The predicted molar refractivity (Wildman–Crippen MR) is 49.7 cm³/mol. The van der Waals surface area contributed by atoms with Crippen LogP contribution in [0.1, 0.15) is 0 Å². The number of sulfonamides is 1. The Bertz CT molecular complexity index is 435. The Balaban J connectivity index is 3.05. The molecule has 14 heavy (non-hydrogen) atoms. The summed E-state index contributed by atoms with van der Waals surface area (Å²) in [5, 5.41) is 8.38. The van der Waals surface area contributed by atoms with Gasteiger partial charge in [-0.1, -0.05) is 0 Å². The molecule has 0 aromatic carbocycles. The van der Waals surface area contributed by atoms with E-state index in [1.54, 1.807) is 6.07 Å². The Hall–Kier alpha value is -1.45. The number of nitriles is 1. The van der Waals surface area contributed by atoms with E-state index in [1.165, 1.54) is 31.6 Å². The van der Waals surface area contributed by atoms with Crippen molar-refractivity contribution in [2.75, 3.05) is 13.6 Å². The van der Waals surface area contributed by atoms with Crippen molar-refractivity contribution in [1.29, 1.82) is 5.26 Å². The first-order valence-electron chi connectivity index (χ1n) is 3.82. The van der Waals surface area contributed by atoms with Gasteiger partial charge in [0.1, 0.15) is 11.4 Å². The predicted octanol–water partition coefficient (Wildman–Crippen LogP) is 0.226. The number of hydrogen-bond acceptors (Lipinski definition) is 4. The van der Waals surface area contributed by atoms with Crippen LogP contribution in [-0.2, 0) is 10.0 Å². The number of nitrogens with zero attached hydrogens (tertiary/aromatic N) is 3. The number of rotatable bonds is 3. The minimum atomic E-state index is -3.55. The van der Waals surface area contributed by atoms with Crippen molar-refractivity contribution in [3.63, 3.8) is 0 Å². The first-order valence-corrected chi connectivity index (χ1v) is 5.26. The van der Waals surface area contributed by atoms with Crippen molar-refractivity contribution in [3.8, 4) is 6.07 Å². The lowest BCUT2D eigenvalue weighted by atomic mass is 10.5. The Morgan fingerprint density at radius 3 is 2.86 bits per heavy atom. The van der Waals surface area contributed by atoms with Gasteiger partial charge in [0.05, 0.1) is 6.07 Å². The van der Waals surface area contributed by atoms with Crippen molar-refractivity contribution >= 4 is 10.0 Å². The molecule has 1 aromatic heterocycles. The van der Waals surface area contributed by atoms with Crippen LogP contribution in [0.25, 0.3) is 0 Å². The van der Waals surface area contributed by atoms with Crippen molar-refractivity contribution in [1.82, 2.24) is 9.29 Å². The van der Waals surface area contributed by atoms with Gasteiger partial charge in [0.25, 0.3) is 0 Å². The standard InChI is InChI=1S/C8H9N3O2S/c1-11(6-4-9)14(12,13)8-3-2-5-10-7-8/h2-3,5,7H,6H2,1H3. The summed E-state index contributed by atoms with van der Waals surface area (Å²) in [6, 6.07) is 4.75. The summed E-state index contributed by atoms with van der Waals surface area (Å²) in [6.45, 7) is -0.169. The molecule has 1 aromatic rings. The lowest BCUT2D eigenvalue weighted by Crippen LogP contribution is -2.27. The van der Waals surface area contributed by atoms with Crippen molar-refractivity contribution in [3.05, 3.63) is 24.5 Å². The van der Waals surface area contributed by atoms with Gasteiger partial charge in [-0.05, 0) is 12.1 Å². The van der Waals surface area contributed by atoms with E-state index in [2.05, 4.69) is 4.98 Å². The lowest BCUT2D eigenvalue weighted by Gasteiger charge is -2.12. The van der Waals surface area contributed by atoms with Crippen LogP contribution >= 0.6 is 0 Å². The van der Waals surface area contributed by atoms with Crippen molar-refractivity contribution in [2.45, 2.75) is 4.90 Å². The fraction of sp³-hybridized carbons (Fsp3) is 0.250. The highest BCUT2D eigenvalue weighted by molar-refractivity contribution is 7.89. The van der Waals surface area contributed by atoms with Crippen LogP contribution < -0.4 is 0 Å². The van der Waals surface area contributed by atoms with Gasteiger partial charge in [0.15, 0.2) is 0 Å². The third-order valence-electron chi connectivity index (χ3n) is 1.64. The molecule has 0 saturated heterocycles. The van der Waals surface area contributed by atoms with E-state index < -0.39 is 10.0 Å². The monoisotopic (exact) mass is 211 g/mol. The Kier molecular flexibility index (Phi) is 3.17. The van der Waals surface area contributed by atoms with E-state index in [-0.39, 0.29) is 11.4 Å². The Morgan fingerprint density at radius 2 is 2.36 bits per heavy atom. The van der Waals surface area contributed by atoms with E-state index in [0.717, 1.165) is 4.31 Å². The van der Waals surface area contributed by atoms with Crippen LogP contribution in [0.15, 0.2) is 29.4 Å². The summed E-state index contributed by atoms with van der Waals surface area (Å²) < 4.78 is 24.3. The minimum absolute atomic E-state index is 0.0951. The summed E-state index contributed by atoms with van der Waals surface area (Å²) in [7, 11) is -2.20. The van der Waals surface area contributed by atoms with Gasteiger partial charge < -0.3 is 0 Å². The maximum absolute atomic E-state index is 11.7. The van der Waals surface area contributed by atoms with Gasteiger partial charge in [-0.25, -0.2) is 8.42 Å². The second kappa shape index (κ2) is 4.17. The highest BCUT2D eigenvalue weighted by Crippen LogP contribution is 2.11. The summed E-state index contributed by atoms with van der Waals surface area (Å²) in [4.78, 5) is 3.80. The van der Waals surface area contributed by atoms with Crippen LogP contribution in [0.2, 0.25) is 0 Å². The first-order chi connectivity index (χ1) is 6.59. The summed E-state index contributed by atoms with van der Waals surface area (Å²) in [5.41, 5.74) is 0. The largest absolute Gasteiger partial charge is 0.263 e. The molecule has 0 aliphatic carbocycles. The zero-order chi connectivity index (χ0) is 10.6. The second-order valence-corrected chi connectivity index (χ2v) is 4.65. The Morgan fingerprint density at radius 1 is 1.64 bits per heavy atom. The third-order valence-corrected chi connectivity index (χ3v) is 3.42. The maximum Gasteiger partial charge on any atom is 0.245 e. The summed E-state index contributed by atoms with van der Waals surface area (Å²) in [6.07, 6.45) is 2.74. The summed E-state index contributed by atoms with van der Waals surface area (Å²) >= 11 is 0. The van der Waals surface area contributed by atoms with Crippen molar-refractivity contribution < 1.29 is 8.42 Å². The fourth-order valence-electron chi connectivity index (χ4n) is 0.864. The lowest BCUT2D eigenvalue weighted by molar-refractivity contribution is 0.501. The van der Waals surface area contributed by atoms with E-state index in [0.29, 0.717) is 0 Å². The summed E-state index contributed by atoms with van der Waals surface area (Å²) in [5.74, 6) is 0. The minimum Gasteiger partial charge on any atom is -0.263 e. The highest BCUT2D eigenvalue weighted by Gasteiger charge is 2.19. The SMILES string of the molecule is CN(CC#N)S(=O)(=O)c1cccnc1. The number of pyridine rings is 1. The number of aromatic nitrogens is 1. The zero-order valence-corrected chi connectivity index (χ0v) is 8.40. The quantitative estimate of drug-likeness (QED) is 0.670. The molecular formula is C8H9N3O2S. The molecule has 0 saturated carbocycles. The number of hydrogen-bond donors (Lipinski definition) is 0. The van der Waals surface area contributed by atoms with Crippen LogP contribution in [0, 0.1) is 11.3 Å². The Labute approximate surface area is 82.7 Å². The van der Waals surface area contributed by atoms with Gasteiger partial charge in [-0.3, -0.25) is 4.98 Å². The van der Waals surface area contributed by atoms with Gasteiger partial charge in [0, 0.05) is 19.4 Å². The van der Waals surface area contributed by atoms with Gasteiger partial charge in [-0.15, -0.1) is 0 Å². The molecule has 0 atom stereocenters. The average Bonchev–Trinajstić information content (AvgIpc) is 2.19. The molecule has 74 valence electrons. The molecule has 1 rings (SSSR count). The van der Waals surface area contributed by atoms with Crippen LogP contribution in [0.3, 0.4) is 0 Å². The molecule has 0 fully saturated rings. The topological polar surface area (TPSA) is 74.1 Å².